The number of nitrogens with one attached hydrogen (secondary N) is 1. The highest BCUT2D eigenvalue weighted by atomic mass is 16.6. The van der Waals surface area contributed by atoms with E-state index >= 15 is 0 Å². The van der Waals surface area contributed by atoms with Crippen molar-refractivity contribution in [2.24, 2.45) is 5.92 Å². The normalized spacial score (nSPS) is 22.3. The van der Waals surface area contributed by atoms with Crippen LogP contribution in [0.5, 0.6) is 0 Å². The van der Waals surface area contributed by atoms with E-state index < -0.39 is 23.5 Å². The van der Waals surface area contributed by atoms with Crippen LogP contribution in [0, 0.1) is 5.92 Å². The molecule has 0 radical (unpaired) electrons. The molecular formula is C13H23NO4. The molecule has 0 saturated carbocycles. The first-order valence-electron chi connectivity index (χ1n) is 6.48. The van der Waals surface area contributed by atoms with Gasteiger partial charge in [-0.2, -0.15) is 0 Å². The van der Waals surface area contributed by atoms with Crippen LogP contribution < -0.4 is 5.32 Å². The summed E-state index contributed by atoms with van der Waals surface area (Å²) >= 11 is 0. The first-order chi connectivity index (χ1) is 8.29. The third kappa shape index (κ3) is 5.04. The maximum atomic E-state index is 11.8. The van der Waals surface area contributed by atoms with E-state index in [1.807, 2.05) is 0 Å². The van der Waals surface area contributed by atoms with Gasteiger partial charge in [0, 0.05) is 6.04 Å². The Bertz CT molecular complexity index is 303. The summed E-state index contributed by atoms with van der Waals surface area (Å²) in [5.74, 6) is -2.81. The van der Waals surface area contributed by atoms with Gasteiger partial charge in [0.25, 0.3) is 0 Å². The number of hydrogen-bond acceptors (Lipinski definition) is 4. The number of piperidine rings is 1. The van der Waals surface area contributed by atoms with E-state index in [4.69, 9.17) is 9.84 Å². The fourth-order valence-electron chi connectivity index (χ4n) is 2.08. The van der Waals surface area contributed by atoms with Gasteiger partial charge in [-0.25, -0.2) is 0 Å². The second-order valence-corrected chi connectivity index (χ2v) is 5.81. The van der Waals surface area contributed by atoms with Crippen LogP contribution >= 0.6 is 0 Å². The van der Waals surface area contributed by atoms with E-state index in [9.17, 15) is 9.59 Å². The molecule has 0 aromatic rings. The molecule has 0 aromatic carbocycles. The van der Waals surface area contributed by atoms with Crippen LogP contribution in [0.2, 0.25) is 0 Å². The van der Waals surface area contributed by atoms with E-state index in [-0.39, 0.29) is 6.04 Å². The fourth-order valence-corrected chi connectivity index (χ4v) is 2.08. The van der Waals surface area contributed by atoms with Crippen LogP contribution in [0.4, 0.5) is 0 Å². The molecule has 5 heteroatoms. The zero-order chi connectivity index (χ0) is 13.8. The van der Waals surface area contributed by atoms with Gasteiger partial charge in [0.1, 0.15) is 5.60 Å². The molecule has 1 aliphatic rings. The van der Waals surface area contributed by atoms with Gasteiger partial charge in [-0.15, -0.1) is 0 Å². The maximum absolute atomic E-state index is 11.8. The zero-order valence-corrected chi connectivity index (χ0v) is 11.4. The van der Waals surface area contributed by atoms with E-state index in [0.29, 0.717) is 6.42 Å². The van der Waals surface area contributed by atoms with Gasteiger partial charge in [0.15, 0.2) is 5.92 Å². The topological polar surface area (TPSA) is 75.6 Å². The van der Waals surface area contributed by atoms with Crippen LogP contribution in [0.1, 0.15) is 46.5 Å². The molecule has 104 valence electrons. The molecular weight excluding hydrogens is 234 g/mol. The van der Waals surface area contributed by atoms with Gasteiger partial charge in [-0.05, 0) is 46.6 Å². The number of carbonyl (C=O) groups is 2. The van der Waals surface area contributed by atoms with Crippen molar-refractivity contribution in [2.45, 2.75) is 58.1 Å². The maximum Gasteiger partial charge on any atom is 0.320 e. The molecule has 1 saturated heterocycles. The minimum atomic E-state index is -1.10. The van der Waals surface area contributed by atoms with Crippen LogP contribution in [-0.4, -0.2) is 35.2 Å². The molecule has 0 aliphatic carbocycles. The summed E-state index contributed by atoms with van der Waals surface area (Å²) in [6.45, 7) is 6.11. The molecule has 2 unspecified atom stereocenters. The van der Waals surface area contributed by atoms with Crippen LogP contribution in [0.25, 0.3) is 0 Å². The first-order valence-corrected chi connectivity index (χ1v) is 6.48. The lowest BCUT2D eigenvalue weighted by atomic mass is 9.94. The number of rotatable bonds is 4. The first kappa shape index (κ1) is 15.0. The SMILES string of the molecule is CC(C)(C)OC(=O)C(CC1CCCCN1)C(=O)O. The highest BCUT2D eigenvalue weighted by Crippen LogP contribution is 2.19. The largest absolute Gasteiger partial charge is 0.481 e. The number of carboxylic acid groups (broad SMARTS) is 1. The van der Waals surface area contributed by atoms with Crippen molar-refractivity contribution in [1.82, 2.24) is 5.32 Å². The van der Waals surface area contributed by atoms with Crippen molar-refractivity contribution >= 4 is 11.9 Å². The smallest absolute Gasteiger partial charge is 0.320 e. The zero-order valence-electron chi connectivity index (χ0n) is 11.4. The molecule has 18 heavy (non-hydrogen) atoms. The van der Waals surface area contributed by atoms with Gasteiger partial charge in [0.05, 0.1) is 0 Å². The summed E-state index contributed by atoms with van der Waals surface area (Å²) in [5.41, 5.74) is -0.648. The molecule has 0 aromatic heterocycles. The quantitative estimate of drug-likeness (QED) is 0.590. The second-order valence-electron chi connectivity index (χ2n) is 5.81. The summed E-state index contributed by atoms with van der Waals surface area (Å²) in [4.78, 5) is 23.0. The van der Waals surface area contributed by atoms with Crippen molar-refractivity contribution in [2.75, 3.05) is 6.54 Å². The molecule has 1 aliphatic heterocycles. The second kappa shape index (κ2) is 6.18. The van der Waals surface area contributed by atoms with Crippen molar-refractivity contribution in [3.05, 3.63) is 0 Å². The Kier molecular flexibility index (Phi) is 5.14. The highest BCUT2D eigenvalue weighted by molar-refractivity contribution is 5.94. The minimum absolute atomic E-state index is 0.104. The lowest BCUT2D eigenvalue weighted by Crippen LogP contribution is -2.40. The average Bonchev–Trinajstić information content (AvgIpc) is 2.24. The third-order valence-corrected chi connectivity index (χ3v) is 2.92. The monoisotopic (exact) mass is 257 g/mol. The Morgan fingerprint density at radius 1 is 1.39 bits per heavy atom. The van der Waals surface area contributed by atoms with Crippen LogP contribution in [0.3, 0.4) is 0 Å². The van der Waals surface area contributed by atoms with Gasteiger partial charge >= 0.3 is 11.9 Å². The van der Waals surface area contributed by atoms with Gasteiger partial charge in [-0.3, -0.25) is 9.59 Å². The number of hydrogen-bond donors (Lipinski definition) is 2. The van der Waals surface area contributed by atoms with Crippen molar-refractivity contribution in [3.63, 3.8) is 0 Å². The number of aliphatic carboxylic acids is 1. The fraction of sp³-hybridized carbons (Fsp3) is 0.846. The van der Waals surface area contributed by atoms with E-state index in [0.717, 1.165) is 25.8 Å². The van der Waals surface area contributed by atoms with E-state index in [1.54, 1.807) is 20.8 Å². The Morgan fingerprint density at radius 3 is 2.50 bits per heavy atom. The van der Waals surface area contributed by atoms with Crippen LogP contribution in [-0.2, 0) is 14.3 Å². The molecule has 1 fully saturated rings. The Morgan fingerprint density at radius 2 is 2.06 bits per heavy atom. The molecule has 1 heterocycles. The average molecular weight is 257 g/mol. The summed E-state index contributed by atoms with van der Waals surface area (Å²) in [7, 11) is 0. The van der Waals surface area contributed by atoms with E-state index in [1.165, 1.54) is 0 Å². The lowest BCUT2D eigenvalue weighted by Gasteiger charge is -2.27. The van der Waals surface area contributed by atoms with E-state index in [2.05, 4.69) is 5.32 Å². The van der Waals surface area contributed by atoms with Gasteiger partial charge in [0.2, 0.25) is 0 Å². The number of ether oxygens (including phenoxy) is 1. The molecule has 1 rings (SSSR count). The predicted octanol–water partition coefficient (Wildman–Crippen LogP) is 1.56. The number of carboxylic acids is 1. The van der Waals surface area contributed by atoms with Crippen LogP contribution in [0.15, 0.2) is 0 Å². The molecule has 5 nitrogen and oxygen atoms in total. The van der Waals surface area contributed by atoms with Crippen molar-refractivity contribution in [3.8, 4) is 0 Å². The molecule has 2 N–H and O–H groups in total. The third-order valence-electron chi connectivity index (χ3n) is 2.92. The predicted molar refractivity (Wildman–Crippen MR) is 67.2 cm³/mol. The summed E-state index contributed by atoms with van der Waals surface area (Å²) < 4.78 is 5.16. The minimum Gasteiger partial charge on any atom is -0.481 e. The number of esters is 1. The summed E-state index contributed by atoms with van der Waals surface area (Å²) in [6, 6.07) is 0.104. The number of carbonyl (C=O) groups excluding carboxylic acids is 1. The Balaban J connectivity index is 2.58. The Labute approximate surface area is 108 Å². The summed E-state index contributed by atoms with van der Waals surface area (Å²) in [5, 5.41) is 12.4. The standard InChI is InChI=1S/C13H23NO4/c1-13(2,3)18-12(17)10(11(15)16)8-9-6-4-5-7-14-9/h9-10,14H,4-8H2,1-3H3,(H,15,16). The molecule has 0 amide bonds. The lowest BCUT2D eigenvalue weighted by molar-refractivity contribution is -0.167. The molecule has 2 atom stereocenters. The summed E-state index contributed by atoms with van der Waals surface area (Å²) in [6.07, 6.45) is 3.43. The van der Waals surface area contributed by atoms with Crippen molar-refractivity contribution in [1.29, 1.82) is 0 Å². The van der Waals surface area contributed by atoms with Gasteiger partial charge < -0.3 is 15.2 Å². The molecule has 0 spiro atoms. The van der Waals surface area contributed by atoms with Crippen molar-refractivity contribution < 1.29 is 19.4 Å². The van der Waals surface area contributed by atoms with Gasteiger partial charge in [-0.1, -0.05) is 6.42 Å². The highest BCUT2D eigenvalue weighted by Gasteiger charge is 2.33. The Hall–Kier alpha value is -1.10. The molecule has 0 bridgehead atoms.